The first-order valence-corrected chi connectivity index (χ1v) is 3.81. The number of carboxylic acid groups (broad SMARTS) is 1. The number of esters is 1. The van der Waals surface area contributed by atoms with E-state index in [1.807, 2.05) is 0 Å². The number of hydrogen-bond donors (Lipinski definition) is 1. The van der Waals surface area contributed by atoms with E-state index in [0.717, 1.165) is 0 Å². The van der Waals surface area contributed by atoms with Gasteiger partial charge < -0.3 is 9.84 Å². The minimum absolute atomic E-state index is 0.0445. The Bertz CT molecular complexity index is 254. The van der Waals surface area contributed by atoms with Crippen molar-refractivity contribution < 1.29 is 32.6 Å². The number of halogens is 3. The summed E-state index contributed by atoms with van der Waals surface area (Å²) in [6, 6.07) is 0. The van der Waals surface area contributed by atoms with Crippen molar-refractivity contribution in [3.05, 3.63) is 0 Å². The van der Waals surface area contributed by atoms with Gasteiger partial charge in [-0.05, 0) is 12.8 Å². The Balaban J connectivity index is 2.30. The zero-order chi connectivity index (χ0) is 10.9. The molecule has 1 aliphatic rings. The molecule has 0 radical (unpaired) electrons. The van der Waals surface area contributed by atoms with Crippen LogP contribution in [0, 0.1) is 5.92 Å². The Kier molecular flexibility index (Phi) is 2.68. The van der Waals surface area contributed by atoms with Crippen molar-refractivity contribution in [2.45, 2.75) is 25.1 Å². The Morgan fingerprint density at radius 2 is 1.79 bits per heavy atom. The van der Waals surface area contributed by atoms with E-state index in [9.17, 15) is 22.8 Å². The fourth-order valence-electron chi connectivity index (χ4n) is 1.08. The van der Waals surface area contributed by atoms with E-state index in [-0.39, 0.29) is 12.8 Å². The van der Waals surface area contributed by atoms with Gasteiger partial charge in [0, 0.05) is 0 Å². The van der Waals surface area contributed by atoms with Crippen LogP contribution in [0.25, 0.3) is 0 Å². The molecule has 0 aliphatic heterocycles. The lowest BCUT2D eigenvalue weighted by molar-refractivity contribution is -0.210. The van der Waals surface area contributed by atoms with Crippen LogP contribution in [0.1, 0.15) is 12.8 Å². The molecule has 80 valence electrons. The van der Waals surface area contributed by atoms with E-state index < -0.39 is 30.1 Å². The molecule has 0 saturated heterocycles. The highest BCUT2D eigenvalue weighted by molar-refractivity contribution is 5.76. The van der Waals surface area contributed by atoms with E-state index in [4.69, 9.17) is 5.11 Å². The van der Waals surface area contributed by atoms with Gasteiger partial charge in [0.2, 0.25) is 0 Å². The maximum Gasteiger partial charge on any atom is 0.490 e. The molecule has 0 aromatic rings. The highest BCUT2D eigenvalue weighted by atomic mass is 19.4. The first-order chi connectivity index (χ1) is 6.30. The molecule has 1 rings (SSSR count). The van der Waals surface area contributed by atoms with Crippen molar-refractivity contribution in [2.75, 3.05) is 0 Å². The number of carbonyl (C=O) groups is 2. The van der Waals surface area contributed by atoms with Gasteiger partial charge >= 0.3 is 18.1 Å². The van der Waals surface area contributed by atoms with Gasteiger partial charge in [-0.1, -0.05) is 0 Å². The molecule has 7 heteroatoms. The number of carbonyl (C=O) groups excluding carboxylic acids is 1. The van der Waals surface area contributed by atoms with Crippen LogP contribution in [0.3, 0.4) is 0 Å². The summed E-state index contributed by atoms with van der Waals surface area (Å²) in [6.45, 7) is 0. The third-order valence-electron chi connectivity index (χ3n) is 1.95. The molecule has 0 aromatic carbocycles. The van der Waals surface area contributed by atoms with Crippen LogP contribution in [0.2, 0.25) is 0 Å². The first-order valence-electron chi connectivity index (χ1n) is 3.81. The lowest BCUT2D eigenvalue weighted by Crippen LogP contribution is -2.40. The van der Waals surface area contributed by atoms with Gasteiger partial charge in [0.1, 0.15) is 6.10 Å². The van der Waals surface area contributed by atoms with Crippen molar-refractivity contribution >= 4 is 11.9 Å². The molecule has 1 aliphatic carbocycles. The van der Waals surface area contributed by atoms with E-state index in [1.54, 1.807) is 0 Å². The molecule has 0 unspecified atom stereocenters. The predicted octanol–water partition coefficient (Wildman–Crippen LogP) is 0.955. The summed E-state index contributed by atoms with van der Waals surface area (Å²) in [7, 11) is 0. The summed E-state index contributed by atoms with van der Waals surface area (Å²) in [5.41, 5.74) is 0. The van der Waals surface area contributed by atoms with Gasteiger partial charge in [-0.2, -0.15) is 13.2 Å². The average Bonchev–Trinajstić information content (AvgIpc) is 1.92. The molecule has 0 heterocycles. The molecule has 0 amide bonds. The number of ether oxygens (including phenoxy) is 1. The van der Waals surface area contributed by atoms with Gasteiger partial charge in [-0.15, -0.1) is 0 Å². The van der Waals surface area contributed by atoms with Crippen molar-refractivity contribution in [3.8, 4) is 0 Å². The van der Waals surface area contributed by atoms with E-state index in [0.29, 0.717) is 0 Å². The number of aliphatic carboxylic acids is 1. The Hall–Kier alpha value is -1.27. The highest BCUT2D eigenvalue weighted by Crippen LogP contribution is 2.32. The number of alkyl halides is 3. The van der Waals surface area contributed by atoms with E-state index in [2.05, 4.69) is 4.74 Å². The van der Waals surface area contributed by atoms with Crippen molar-refractivity contribution in [2.24, 2.45) is 5.92 Å². The molecular weight excluding hydrogens is 205 g/mol. The minimum atomic E-state index is -5.01. The van der Waals surface area contributed by atoms with Crippen molar-refractivity contribution in [1.82, 2.24) is 0 Å². The number of rotatable bonds is 2. The van der Waals surface area contributed by atoms with Gasteiger partial charge in [-0.25, -0.2) is 4.79 Å². The molecule has 0 bridgehead atoms. The maximum absolute atomic E-state index is 11.6. The summed E-state index contributed by atoms with van der Waals surface area (Å²) in [6.07, 6.45) is -6.01. The molecule has 4 nitrogen and oxygen atoms in total. The van der Waals surface area contributed by atoms with E-state index in [1.165, 1.54) is 0 Å². The Morgan fingerprint density at radius 3 is 2.14 bits per heavy atom. The highest BCUT2D eigenvalue weighted by Gasteiger charge is 2.45. The van der Waals surface area contributed by atoms with E-state index >= 15 is 0 Å². The van der Waals surface area contributed by atoms with Crippen molar-refractivity contribution in [1.29, 1.82) is 0 Å². The van der Waals surface area contributed by atoms with Crippen LogP contribution in [-0.4, -0.2) is 29.3 Å². The van der Waals surface area contributed by atoms with Gasteiger partial charge in [0.05, 0.1) is 5.92 Å². The zero-order valence-electron chi connectivity index (χ0n) is 6.87. The maximum atomic E-state index is 11.6. The van der Waals surface area contributed by atoms with Crippen LogP contribution in [0.5, 0.6) is 0 Å². The van der Waals surface area contributed by atoms with Crippen LogP contribution in [0.4, 0.5) is 13.2 Å². The number of hydrogen-bond acceptors (Lipinski definition) is 3. The summed E-state index contributed by atoms with van der Waals surface area (Å²) >= 11 is 0. The quantitative estimate of drug-likeness (QED) is 0.692. The zero-order valence-corrected chi connectivity index (χ0v) is 6.87. The first kappa shape index (κ1) is 10.8. The van der Waals surface area contributed by atoms with Crippen LogP contribution < -0.4 is 0 Å². The summed E-state index contributed by atoms with van der Waals surface area (Å²) in [5.74, 6) is -4.03. The fraction of sp³-hybridized carbons (Fsp3) is 0.714. The second-order valence-corrected chi connectivity index (χ2v) is 3.03. The molecular formula is C7H7F3O4. The second kappa shape index (κ2) is 3.47. The molecule has 1 N–H and O–H groups in total. The smallest absolute Gasteiger partial charge is 0.481 e. The monoisotopic (exact) mass is 212 g/mol. The molecule has 1 saturated carbocycles. The Labute approximate surface area is 76.7 Å². The summed E-state index contributed by atoms with van der Waals surface area (Å²) < 4.78 is 38.9. The molecule has 0 aromatic heterocycles. The normalized spacial score (nSPS) is 26.5. The third-order valence-corrected chi connectivity index (χ3v) is 1.95. The number of carboxylic acids is 1. The van der Waals surface area contributed by atoms with Gasteiger partial charge in [0.25, 0.3) is 0 Å². The molecule has 0 atom stereocenters. The largest absolute Gasteiger partial charge is 0.490 e. The summed E-state index contributed by atoms with van der Waals surface area (Å²) in [4.78, 5) is 20.5. The van der Waals surface area contributed by atoms with Crippen LogP contribution in [0.15, 0.2) is 0 Å². The SMILES string of the molecule is O=C(O)C1CC(OC(=O)C(F)(F)F)C1. The topological polar surface area (TPSA) is 63.6 Å². The third kappa shape index (κ3) is 2.36. The summed E-state index contributed by atoms with van der Waals surface area (Å²) in [5, 5.41) is 8.38. The lowest BCUT2D eigenvalue weighted by atomic mass is 9.82. The standard InChI is InChI=1S/C7H7F3O4/c8-7(9,10)6(13)14-4-1-3(2-4)5(11)12/h3-4H,1-2H2,(H,11,12). The second-order valence-electron chi connectivity index (χ2n) is 3.03. The molecule has 0 spiro atoms. The van der Waals surface area contributed by atoms with Gasteiger partial charge in [0.15, 0.2) is 0 Å². The minimum Gasteiger partial charge on any atom is -0.481 e. The van der Waals surface area contributed by atoms with Crippen molar-refractivity contribution in [3.63, 3.8) is 0 Å². The Morgan fingerprint density at radius 1 is 1.29 bits per heavy atom. The fourth-order valence-corrected chi connectivity index (χ4v) is 1.08. The lowest BCUT2D eigenvalue weighted by Gasteiger charge is -2.31. The van der Waals surface area contributed by atoms with Crippen LogP contribution in [-0.2, 0) is 14.3 Å². The molecule has 1 fully saturated rings. The van der Waals surface area contributed by atoms with Gasteiger partial charge in [-0.3, -0.25) is 4.79 Å². The average molecular weight is 212 g/mol. The van der Waals surface area contributed by atoms with Crippen LogP contribution >= 0.6 is 0 Å². The predicted molar refractivity (Wildman–Crippen MR) is 36.3 cm³/mol. The molecule has 14 heavy (non-hydrogen) atoms.